The zero-order valence-electron chi connectivity index (χ0n) is 41.8. The maximum absolute atomic E-state index is 6.60. The standard InChI is InChI=1S/C64H62N4O2/c1-9-39(5)51-32-34-53(41(7)11-3)61-59(51)67-63(69-61)49-28-20-45(21-29-49)43-16-24-47(25-17-43)55-36-37-57(56-15-13-14-38-65-56)66-58(55)48-26-18-44(19-27-48)46-22-30-50(31-23-46)64-68-60-52(40(6)10-2)33-35-54(42(8)12-4)62(60)70-64/h13-42H,9-12H2,1-8H3. The second-order valence-electron chi connectivity index (χ2n) is 19.2. The molecule has 0 N–H and O–H groups in total. The predicted octanol–water partition coefficient (Wildman–Crippen LogP) is 18.5. The highest BCUT2D eigenvalue weighted by atomic mass is 16.4. The second kappa shape index (κ2) is 19.9. The van der Waals surface area contributed by atoms with Crippen LogP contribution in [0.25, 0.3) is 101 Å². The molecular formula is C64H62N4O2. The predicted molar refractivity (Wildman–Crippen MR) is 290 cm³/mol. The SMILES string of the molecule is CCC(C)c1ccc(C(C)CC)c2oc(-c3ccc(-c4ccc(-c5ccc(-c6ccccn6)nc5-c5ccc(-c6ccc(-c7nc8c(C(C)CC)ccc(C(C)CC)c8o7)cc6)cc5)cc4)cc3)nc12. The Balaban J connectivity index is 0.926. The van der Waals surface area contributed by atoms with Crippen molar-refractivity contribution in [2.45, 2.75) is 105 Å². The molecule has 4 atom stereocenters. The number of nitrogens with zero attached hydrogens (tertiary/aromatic N) is 4. The van der Waals surface area contributed by atoms with Crippen LogP contribution >= 0.6 is 0 Å². The Labute approximate surface area is 413 Å². The molecule has 4 aromatic heterocycles. The summed E-state index contributed by atoms with van der Waals surface area (Å²) < 4.78 is 13.2. The molecule has 0 radical (unpaired) electrons. The van der Waals surface area contributed by atoms with Gasteiger partial charge in [-0.05, 0) is 148 Å². The van der Waals surface area contributed by atoms with Gasteiger partial charge in [-0.2, -0.15) is 0 Å². The molecule has 0 aliphatic rings. The van der Waals surface area contributed by atoms with E-state index < -0.39 is 0 Å². The molecule has 0 bridgehead atoms. The maximum atomic E-state index is 6.60. The quantitative estimate of drug-likeness (QED) is 0.102. The van der Waals surface area contributed by atoms with Gasteiger partial charge in [0.05, 0.1) is 17.1 Å². The van der Waals surface area contributed by atoms with Gasteiger partial charge >= 0.3 is 0 Å². The minimum atomic E-state index is 0.388. The summed E-state index contributed by atoms with van der Waals surface area (Å²) in [4.78, 5) is 20.1. The molecule has 6 aromatic carbocycles. The monoisotopic (exact) mass is 918 g/mol. The summed E-state index contributed by atoms with van der Waals surface area (Å²) in [6.07, 6.45) is 6.00. The van der Waals surface area contributed by atoms with Gasteiger partial charge in [0.15, 0.2) is 11.2 Å². The lowest BCUT2D eigenvalue weighted by Crippen LogP contribution is -1.97. The van der Waals surface area contributed by atoms with Crippen LogP contribution in [-0.4, -0.2) is 19.9 Å². The molecule has 10 rings (SSSR count). The lowest BCUT2D eigenvalue weighted by Gasteiger charge is -2.13. The fourth-order valence-electron chi connectivity index (χ4n) is 9.63. The summed E-state index contributed by atoms with van der Waals surface area (Å²) in [6.45, 7) is 18.0. The molecule has 4 heterocycles. The fourth-order valence-corrected chi connectivity index (χ4v) is 9.63. The normalized spacial score (nSPS) is 13.4. The highest BCUT2D eigenvalue weighted by Crippen LogP contribution is 2.40. The number of hydrogen-bond donors (Lipinski definition) is 0. The van der Waals surface area contributed by atoms with Crippen LogP contribution in [0, 0.1) is 0 Å². The van der Waals surface area contributed by atoms with Gasteiger partial charge in [-0.15, -0.1) is 0 Å². The van der Waals surface area contributed by atoms with Crippen LogP contribution in [0.3, 0.4) is 0 Å². The summed E-state index contributed by atoms with van der Waals surface area (Å²) in [5.41, 5.74) is 21.0. The first-order valence-electron chi connectivity index (χ1n) is 25.4. The average Bonchev–Trinajstić information content (AvgIpc) is 4.09. The lowest BCUT2D eigenvalue weighted by atomic mass is 9.91. The van der Waals surface area contributed by atoms with Crippen LogP contribution in [0.5, 0.6) is 0 Å². The van der Waals surface area contributed by atoms with Crippen LogP contribution in [0.4, 0.5) is 0 Å². The first-order chi connectivity index (χ1) is 34.2. The van der Waals surface area contributed by atoms with Crippen molar-refractivity contribution < 1.29 is 8.83 Å². The lowest BCUT2D eigenvalue weighted by molar-refractivity contribution is 0.605. The van der Waals surface area contributed by atoms with Gasteiger partial charge in [0.2, 0.25) is 11.8 Å². The van der Waals surface area contributed by atoms with Gasteiger partial charge in [-0.25, -0.2) is 15.0 Å². The third kappa shape index (κ3) is 8.88. The Morgan fingerprint density at radius 1 is 0.357 bits per heavy atom. The Kier molecular flexibility index (Phi) is 13.2. The molecule has 70 heavy (non-hydrogen) atoms. The van der Waals surface area contributed by atoms with E-state index in [0.29, 0.717) is 35.5 Å². The number of aromatic nitrogens is 4. The number of benzene rings is 6. The van der Waals surface area contributed by atoms with Gasteiger partial charge < -0.3 is 8.83 Å². The van der Waals surface area contributed by atoms with Crippen LogP contribution in [-0.2, 0) is 0 Å². The van der Waals surface area contributed by atoms with Crippen molar-refractivity contribution in [2.75, 3.05) is 0 Å². The molecule has 6 heteroatoms. The van der Waals surface area contributed by atoms with E-state index in [9.17, 15) is 0 Å². The molecule has 4 unspecified atom stereocenters. The average molecular weight is 919 g/mol. The molecule has 10 aromatic rings. The zero-order chi connectivity index (χ0) is 48.5. The summed E-state index contributed by atoms with van der Waals surface area (Å²) in [5, 5.41) is 0. The Hall–Kier alpha value is -7.44. The molecule has 0 fully saturated rings. The van der Waals surface area contributed by atoms with Crippen molar-refractivity contribution in [1.29, 1.82) is 0 Å². The molecular weight excluding hydrogens is 857 g/mol. The number of fused-ring (bicyclic) bond motifs is 2. The molecule has 0 aliphatic heterocycles. The summed E-state index contributed by atoms with van der Waals surface area (Å²) in [7, 11) is 0. The van der Waals surface area contributed by atoms with E-state index in [1.165, 1.54) is 22.3 Å². The van der Waals surface area contributed by atoms with Crippen molar-refractivity contribution in [2.24, 2.45) is 0 Å². The van der Waals surface area contributed by atoms with E-state index in [-0.39, 0.29) is 0 Å². The summed E-state index contributed by atoms with van der Waals surface area (Å²) in [5.74, 6) is 2.91. The van der Waals surface area contributed by atoms with Crippen LogP contribution in [0.1, 0.15) is 127 Å². The Morgan fingerprint density at radius 3 is 1.16 bits per heavy atom. The van der Waals surface area contributed by atoms with Gasteiger partial charge in [0.1, 0.15) is 11.0 Å². The van der Waals surface area contributed by atoms with Crippen molar-refractivity contribution >= 4 is 22.2 Å². The smallest absolute Gasteiger partial charge is 0.227 e. The van der Waals surface area contributed by atoms with Crippen molar-refractivity contribution in [3.63, 3.8) is 0 Å². The molecule has 0 spiro atoms. The molecule has 0 saturated heterocycles. The van der Waals surface area contributed by atoms with Crippen molar-refractivity contribution in [3.8, 4) is 78.9 Å². The zero-order valence-corrected chi connectivity index (χ0v) is 41.8. The van der Waals surface area contributed by atoms with Gasteiger partial charge in [-0.1, -0.05) is 159 Å². The van der Waals surface area contributed by atoms with E-state index in [2.05, 4.69) is 194 Å². The maximum Gasteiger partial charge on any atom is 0.227 e. The minimum Gasteiger partial charge on any atom is -0.436 e. The number of pyridine rings is 2. The van der Waals surface area contributed by atoms with Crippen LogP contribution in [0.2, 0.25) is 0 Å². The van der Waals surface area contributed by atoms with Gasteiger partial charge in [-0.3, -0.25) is 4.98 Å². The van der Waals surface area contributed by atoms with Crippen LogP contribution in [0.15, 0.2) is 167 Å². The number of hydrogen-bond acceptors (Lipinski definition) is 6. The Bertz CT molecular complexity index is 3310. The summed E-state index contributed by atoms with van der Waals surface area (Å²) in [6, 6.07) is 53.8. The van der Waals surface area contributed by atoms with Gasteiger partial charge in [0, 0.05) is 28.5 Å². The Morgan fingerprint density at radius 2 is 0.743 bits per heavy atom. The summed E-state index contributed by atoms with van der Waals surface area (Å²) >= 11 is 0. The molecule has 0 saturated carbocycles. The second-order valence-corrected chi connectivity index (χ2v) is 19.2. The molecule has 350 valence electrons. The van der Waals surface area contributed by atoms with Crippen molar-refractivity contribution in [1.82, 2.24) is 19.9 Å². The molecule has 6 nitrogen and oxygen atoms in total. The van der Waals surface area contributed by atoms with E-state index in [0.717, 1.165) is 115 Å². The van der Waals surface area contributed by atoms with E-state index in [4.69, 9.17) is 23.8 Å². The van der Waals surface area contributed by atoms with Crippen molar-refractivity contribution in [3.05, 3.63) is 180 Å². The molecule has 0 aliphatic carbocycles. The number of rotatable bonds is 15. The topological polar surface area (TPSA) is 77.8 Å². The third-order valence-electron chi connectivity index (χ3n) is 14.9. The largest absolute Gasteiger partial charge is 0.436 e. The van der Waals surface area contributed by atoms with E-state index in [1.807, 2.05) is 24.4 Å². The third-order valence-corrected chi connectivity index (χ3v) is 14.9. The highest BCUT2D eigenvalue weighted by Gasteiger charge is 2.23. The minimum absolute atomic E-state index is 0.388. The number of oxazole rings is 2. The first kappa shape index (κ1) is 46.3. The highest BCUT2D eigenvalue weighted by molar-refractivity contribution is 5.87. The molecule has 0 amide bonds. The fraction of sp³-hybridized carbons (Fsp3) is 0.250. The van der Waals surface area contributed by atoms with E-state index in [1.54, 1.807) is 0 Å². The van der Waals surface area contributed by atoms with E-state index >= 15 is 0 Å². The first-order valence-corrected chi connectivity index (χ1v) is 25.4. The van der Waals surface area contributed by atoms with Gasteiger partial charge in [0.25, 0.3) is 0 Å². The van der Waals surface area contributed by atoms with Crippen LogP contribution < -0.4 is 0 Å².